The van der Waals surface area contributed by atoms with Crippen molar-refractivity contribution in [1.82, 2.24) is 16.1 Å². The van der Waals surface area contributed by atoms with E-state index in [9.17, 15) is 14.4 Å². The van der Waals surface area contributed by atoms with Gasteiger partial charge in [-0.2, -0.15) is 0 Å². The monoisotopic (exact) mass is 411 g/mol. The summed E-state index contributed by atoms with van der Waals surface area (Å²) in [6.07, 6.45) is 0.532. The summed E-state index contributed by atoms with van der Waals surface area (Å²) in [7, 11) is 0. The molecule has 0 aliphatic carbocycles. The molecule has 3 amide bonds. The fourth-order valence-corrected chi connectivity index (χ4v) is 3.12. The summed E-state index contributed by atoms with van der Waals surface area (Å²) in [5, 5.41) is 14.5. The molecule has 2 atom stereocenters. The van der Waals surface area contributed by atoms with Crippen molar-refractivity contribution in [1.29, 1.82) is 0 Å². The van der Waals surface area contributed by atoms with Crippen LogP contribution in [0.4, 0.5) is 0 Å². The Labute approximate surface area is 176 Å². The molecule has 0 heterocycles. The zero-order valence-electron chi connectivity index (χ0n) is 17.3. The van der Waals surface area contributed by atoms with Gasteiger partial charge < -0.3 is 10.6 Å². The second-order valence-corrected chi connectivity index (χ2v) is 7.61. The minimum atomic E-state index is -1.09. The smallest absolute Gasteiger partial charge is 0.255 e. The lowest BCUT2D eigenvalue weighted by molar-refractivity contribution is -0.142. The van der Waals surface area contributed by atoms with Gasteiger partial charge in [0.05, 0.1) is 0 Å². The molecule has 0 unspecified atom stereocenters. The first-order chi connectivity index (χ1) is 14.4. The molecule has 0 aromatic heterocycles. The molecule has 2 aromatic rings. The molecule has 0 fully saturated rings. The van der Waals surface area contributed by atoms with E-state index >= 15 is 0 Å². The van der Waals surface area contributed by atoms with Crippen LogP contribution in [0.1, 0.15) is 31.4 Å². The van der Waals surface area contributed by atoms with Crippen LogP contribution in [-0.2, 0) is 27.3 Å². The zero-order chi connectivity index (χ0) is 21.9. The molecule has 0 bridgehead atoms. The largest absolute Gasteiger partial charge is 0.350 e. The van der Waals surface area contributed by atoms with E-state index in [-0.39, 0.29) is 24.7 Å². The average Bonchev–Trinajstić information content (AvgIpc) is 2.76. The van der Waals surface area contributed by atoms with Crippen molar-refractivity contribution < 1.29 is 19.6 Å². The molecule has 30 heavy (non-hydrogen) atoms. The zero-order valence-corrected chi connectivity index (χ0v) is 17.3. The van der Waals surface area contributed by atoms with Crippen LogP contribution < -0.4 is 16.1 Å². The Bertz CT molecular complexity index is 825. The number of hydroxylamine groups is 1. The number of benzene rings is 2. The Morgan fingerprint density at radius 1 is 0.833 bits per heavy atom. The first-order valence-electron chi connectivity index (χ1n) is 10.0. The molecule has 0 aliphatic heterocycles. The van der Waals surface area contributed by atoms with Gasteiger partial charge in [0.1, 0.15) is 12.0 Å². The van der Waals surface area contributed by atoms with Crippen molar-refractivity contribution in [3.63, 3.8) is 0 Å². The lowest BCUT2D eigenvalue weighted by Gasteiger charge is -2.22. The molecule has 0 aliphatic rings. The van der Waals surface area contributed by atoms with Gasteiger partial charge in [-0.3, -0.25) is 19.6 Å². The quantitative estimate of drug-likeness (QED) is 0.273. The first-order valence-corrected chi connectivity index (χ1v) is 10.0. The molecule has 7 heteroatoms. The SMILES string of the molecule is CC(C)C[C@@H](C(=O)NO)C(=O)N[C@@H](Cc1ccccc1)C(=O)NCc1ccccc1. The van der Waals surface area contributed by atoms with Crippen LogP contribution in [-0.4, -0.2) is 29.0 Å². The highest BCUT2D eigenvalue weighted by Crippen LogP contribution is 2.13. The second kappa shape index (κ2) is 11.7. The van der Waals surface area contributed by atoms with E-state index in [4.69, 9.17) is 5.21 Å². The highest BCUT2D eigenvalue weighted by atomic mass is 16.5. The van der Waals surface area contributed by atoms with E-state index in [1.54, 1.807) is 5.48 Å². The van der Waals surface area contributed by atoms with Gasteiger partial charge >= 0.3 is 0 Å². The van der Waals surface area contributed by atoms with E-state index < -0.39 is 23.8 Å². The fourth-order valence-electron chi connectivity index (χ4n) is 3.12. The van der Waals surface area contributed by atoms with Gasteiger partial charge in [0, 0.05) is 13.0 Å². The molecule has 4 N–H and O–H groups in total. The molecule has 2 aromatic carbocycles. The molecular weight excluding hydrogens is 382 g/mol. The molecule has 2 rings (SSSR count). The van der Waals surface area contributed by atoms with Gasteiger partial charge in [-0.05, 0) is 23.5 Å². The van der Waals surface area contributed by atoms with Crippen LogP contribution in [0.15, 0.2) is 60.7 Å². The summed E-state index contributed by atoms with van der Waals surface area (Å²) in [6, 6.07) is 17.9. The van der Waals surface area contributed by atoms with Crippen molar-refractivity contribution in [3.05, 3.63) is 71.8 Å². The fraction of sp³-hybridized carbons (Fsp3) is 0.348. The van der Waals surface area contributed by atoms with Gasteiger partial charge in [-0.15, -0.1) is 0 Å². The van der Waals surface area contributed by atoms with Crippen molar-refractivity contribution in [3.8, 4) is 0 Å². The van der Waals surface area contributed by atoms with E-state index in [0.717, 1.165) is 11.1 Å². The number of amides is 3. The summed E-state index contributed by atoms with van der Waals surface area (Å²) < 4.78 is 0. The van der Waals surface area contributed by atoms with Gasteiger partial charge in [0.15, 0.2) is 0 Å². The Hall–Kier alpha value is -3.19. The lowest BCUT2D eigenvalue weighted by atomic mass is 9.94. The summed E-state index contributed by atoms with van der Waals surface area (Å²) >= 11 is 0. The van der Waals surface area contributed by atoms with Crippen molar-refractivity contribution in [2.75, 3.05) is 0 Å². The number of rotatable bonds is 10. The number of nitrogens with one attached hydrogen (secondary N) is 3. The van der Waals surface area contributed by atoms with E-state index in [1.165, 1.54) is 0 Å². The van der Waals surface area contributed by atoms with Gasteiger partial charge in [-0.25, -0.2) is 5.48 Å². The number of hydrogen-bond acceptors (Lipinski definition) is 4. The maximum Gasteiger partial charge on any atom is 0.255 e. The van der Waals surface area contributed by atoms with Gasteiger partial charge in [-0.1, -0.05) is 74.5 Å². The molecule has 7 nitrogen and oxygen atoms in total. The first kappa shape index (κ1) is 23.1. The van der Waals surface area contributed by atoms with Crippen LogP contribution >= 0.6 is 0 Å². The number of carbonyl (C=O) groups excluding carboxylic acids is 3. The topological polar surface area (TPSA) is 108 Å². The standard InChI is InChI=1S/C23H29N3O4/c1-16(2)13-19(22(28)26-30)21(27)25-20(14-17-9-5-3-6-10-17)23(29)24-15-18-11-7-4-8-12-18/h3-12,16,19-20,30H,13-15H2,1-2H3,(H,24,29)(H,25,27)(H,26,28)/t19-,20+/m1/s1. The predicted molar refractivity (Wildman–Crippen MR) is 113 cm³/mol. The highest BCUT2D eigenvalue weighted by Gasteiger charge is 2.31. The van der Waals surface area contributed by atoms with Crippen LogP contribution in [0.5, 0.6) is 0 Å². The average molecular weight is 412 g/mol. The molecule has 0 radical (unpaired) electrons. The maximum atomic E-state index is 12.9. The van der Waals surface area contributed by atoms with Crippen molar-refractivity contribution in [2.45, 2.75) is 39.3 Å². The summed E-state index contributed by atoms with van der Waals surface area (Å²) in [4.78, 5) is 37.6. The Balaban J connectivity index is 2.14. The van der Waals surface area contributed by atoms with Crippen LogP contribution in [0.25, 0.3) is 0 Å². The molecule has 160 valence electrons. The Morgan fingerprint density at radius 2 is 1.40 bits per heavy atom. The van der Waals surface area contributed by atoms with Crippen molar-refractivity contribution in [2.24, 2.45) is 11.8 Å². The Morgan fingerprint density at radius 3 is 1.93 bits per heavy atom. The third kappa shape index (κ3) is 7.33. The van der Waals surface area contributed by atoms with E-state index in [0.29, 0.717) is 6.54 Å². The van der Waals surface area contributed by atoms with Crippen LogP contribution in [0.2, 0.25) is 0 Å². The van der Waals surface area contributed by atoms with E-state index in [1.807, 2.05) is 74.5 Å². The van der Waals surface area contributed by atoms with E-state index in [2.05, 4.69) is 10.6 Å². The summed E-state index contributed by atoms with van der Waals surface area (Å²) in [6.45, 7) is 4.07. The normalized spacial score (nSPS) is 12.7. The third-order valence-corrected chi connectivity index (χ3v) is 4.68. The molecule has 0 saturated heterocycles. The van der Waals surface area contributed by atoms with Crippen LogP contribution in [0, 0.1) is 11.8 Å². The highest BCUT2D eigenvalue weighted by molar-refractivity contribution is 6.01. The van der Waals surface area contributed by atoms with Gasteiger partial charge in [0.2, 0.25) is 11.8 Å². The molecule has 0 spiro atoms. The van der Waals surface area contributed by atoms with Crippen LogP contribution in [0.3, 0.4) is 0 Å². The molecular formula is C23H29N3O4. The predicted octanol–water partition coefficient (Wildman–Crippen LogP) is 2.20. The third-order valence-electron chi connectivity index (χ3n) is 4.68. The number of carbonyl (C=O) groups is 3. The Kier molecular flexibility index (Phi) is 9.03. The lowest BCUT2D eigenvalue weighted by Crippen LogP contribution is -2.51. The number of hydrogen-bond donors (Lipinski definition) is 4. The van der Waals surface area contributed by atoms with Crippen molar-refractivity contribution >= 4 is 17.7 Å². The minimum Gasteiger partial charge on any atom is -0.350 e. The van der Waals surface area contributed by atoms with Gasteiger partial charge in [0.25, 0.3) is 5.91 Å². The maximum absolute atomic E-state index is 12.9. The minimum absolute atomic E-state index is 0.0533. The second-order valence-electron chi connectivity index (χ2n) is 7.61. The summed E-state index contributed by atoms with van der Waals surface area (Å²) in [5.41, 5.74) is 3.37. The summed E-state index contributed by atoms with van der Waals surface area (Å²) in [5.74, 6) is -2.76. The molecule has 0 saturated carbocycles.